The van der Waals surface area contributed by atoms with Gasteiger partial charge in [0.1, 0.15) is 0 Å². The maximum absolute atomic E-state index is 12.4. The molecule has 2 atom stereocenters. The van der Waals surface area contributed by atoms with Gasteiger partial charge in [-0.25, -0.2) is 0 Å². The van der Waals surface area contributed by atoms with Crippen LogP contribution in [0.25, 0.3) is 0 Å². The van der Waals surface area contributed by atoms with Crippen molar-refractivity contribution in [2.24, 2.45) is 5.92 Å². The molecule has 0 radical (unpaired) electrons. The van der Waals surface area contributed by atoms with Crippen molar-refractivity contribution in [3.05, 3.63) is 12.2 Å². The van der Waals surface area contributed by atoms with Crippen molar-refractivity contribution in [3.8, 4) is 0 Å². The van der Waals surface area contributed by atoms with Gasteiger partial charge in [-0.15, -0.1) is 0 Å². The van der Waals surface area contributed by atoms with Crippen LogP contribution in [0, 0.1) is 5.92 Å². The van der Waals surface area contributed by atoms with E-state index in [1.54, 1.807) is 0 Å². The molecular weight excluding hydrogens is 304 g/mol. The van der Waals surface area contributed by atoms with Gasteiger partial charge in [0.25, 0.3) is 14.3 Å². The molecule has 2 aliphatic rings. The van der Waals surface area contributed by atoms with Crippen LogP contribution in [0.5, 0.6) is 0 Å². The Morgan fingerprint density at radius 2 is 1.87 bits per heavy atom. The van der Waals surface area contributed by atoms with Crippen LogP contribution >= 0.6 is 0 Å². The standard InChI is InChI=1S/C19H34O3Si/c1-19(2,3)23(4,5)22-18(20)14-16-12-9-13-17(21-16)15-10-7-6-8-11-15/h9,12,15-17H,6-8,10-11,13-14H2,1-5H3/t16-,17+/m0/s1. The van der Waals surface area contributed by atoms with Crippen molar-refractivity contribution in [2.45, 2.75) is 96.1 Å². The van der Waals surface area contributed by atoms with Crippen LogP contribution in [0.2, 0.25) is 18.1 Å². The molecule has 0 N–H and O–H groups in total. The lowest BCUT2D eigenvalue weighted by Crippen LogP contribution is -2.43. The van der Waals surface area contributed by atoms with Crippen LogP contribution in [-0.4, -0.2) is 26.5 Å². The van der Waals surface area contributed by atoms with E-state index < -0.39 is 8.32 Å². The molecule has 0 bridgehead atoms. The van der Waals surface area contributed by atoms with Crippen LogP contribution in [0.15, 0.2) is 12.2 Å². The van der Waals surface area contributed by atoms with Gasteiger partial charge in [-0.1, -0.05) is 52.2 Å². The summed E-state index contributed by atoms with van der Waals surface area (Å²) in [5.74, 6) is 0.572. The molecule has 1 saturated carbocycles. The third kappa shape index (κ3) is 5.18. The third-order valence-corrected chi connectivity index (χ3v) is 10.1. The minimum absolute atomic E-state index is 0.0521. The molecule has 4 heteroatoms. The molecule has 0 aromatic heterocycles. The van der Waals surface area contributed by atoms with Gasteiger partial charge in [-0.3, -0.25) is 4.79 Å². The largest absolute Gasteiger partial charge is 0.519 e. The monoisotopic (exact) mass is 338 g/mol. The van der Waals surface area contributed by atoms with Gasteiger partial charge >= 0.3 is 0 Å². The average Bonchev–Trinajstić information content (AvgIpc) is 2.46. The molecule has 132 valence electrons. The zero-order valence-corrected chi connectivity index (χ0v) is 16.6. The highest BCUT2D eigenvalue weighted by atomic mass is 28.4. The zero-order valence-electron chi connectivity index (χ0n) is 15.6. The molecule has 0 spiro atoms. The Labute approximate surface area is 142 Å². The number of ether oxygens (including phenoxy) is 1. The Hall–Kier alpha value is -0.613. The van der Waals surface area contributed by atoms with E-state index in [0.717, 1.165) is 6.42 Å². The van der Waals surface area contributed by atoms with Gasteiger partial charge in [0.2, 0.25) is 0 Å². The van der Waals surface area contributed by atoms with E-state index in [1.165, 1.54) is 32.1 Å². The number of hydrogen-bond donors (Lipinski definition) is 0. The average molecular weight is 339 g/mol. The van der Waals surface area contributed by atoms with Gasteiger partial charge in [0.05, 0.1) is 18.6 Å². The second-order valence-corrected chi connectivity index (χ2v) is 13.4. The molecular formula is C19H34O3Si. The predicted molar refractivity (Wildman–Crippen MR) is 96.9 cm³/mol. The molecule has 0 unspecified atom stereocenters. The normalized spacial score (nSPS) is 27.0. The first-order chi connectivity index (χ1) is 10.7. The summed E-state index contributed by atoms with van der Waals surface area (Å²) in [5.41, 5.74) is 0. The molecule has 1 fully saturated rings. The number of hydrogen-bond acceptors (Lipinski definition) is 3. The molecule has 23 heavy (non-hydrogen) atoms. The first kappa shape index (κ1) is 18.7. The van der Waals surface area contributed by atoms with E-state index in [9.17, 15) is 4.79 Å². The van der Waals surface area contributed by atoms with E-state index in [-0.39, 0.29) is 17.1 Å². The lowest BCUT2D eigenvalue weighted by atomic mass is 9.83. The van der Waals surface area contributed by atoms with Crippen LogP contribution in [0.1, 0.15) is 65.7 Å². The quantitative estimate of drug-likeness (QED) is 0.521. The summed E-state index contributed by atoms with van der Waals surface area (Å²) >= 11 is 0. The van der Waals surface area contributed by atoms with E-state index in [0.29, 0.717) is 18.4 Å². The SMILES string of the molecule is CC(C)(C)[Si](C)(C)OC(=O)C[C@@H]1C=CC[C@H](C2CCCCC2)O1. The van der Waals surface area contributed by atoms with Gasteiger partial charge in [-0.05, 0) is 43.3 Å². The van der Waals surface area contributed by atoms with E-state index in [1.807, 2.05) is 6.08 Å². The summed E-state index contributed by atoms with van der Waals surface area (Å²) in [4.78, 5) is 12.4. The van der Waals surface area contributed by atoms with Crippen molar-refractivity contribution in [3.63, 3.8) is 0 Å². The van der Waals surface area contributed by atoms with Crippen molar-refractivity contribution in [2.75, 3.05) is 0 Å². The number of carbonyl (C=O) groups excluding carboxylic acids is 1. The first-order valence-electron chi connectivity index (χ1n) is 9.23. The Balaban J connectivity index is 1.86. The molecule has 3 nitrogen and oxygen atoms in total. The Bertz CT molecular complexity index is 430. The number of carbonyl (C=O) groups is 1. The van der Waals surface area contributed by atoms with Gasteiger partial charge < -0.3 is 9.16 Å². The lowest BCUT2D eigenvalue weighted by molar-refractivity contribution is -0.139. The predicted octanol–water partition coefficient (Wildman–Crippen LogP) is 5.22. The highest BCUT2D eigenvalue weighted by molar-refractivity contribution is 6.75. The summed E-state index contributed by atoms with van der Waals surface area (Å²) in [6.45, 7) is 10.7. The van der Waals surface area contributed by atoms with Crippen LogP contribution in [-0.2, 0) is 14.0 Å². The highest BCUT2D eigenvalue weighted by Crippen LogP contribution is 2.37. The Kier molecular flexibility index (Phi) is 6.12. The fourth-order valence-electron chi connectivity index (χ4n) is 3.26. The maximum atomic E-state index is 12.4. The second-order valence-electron chi connectivity index (χ2n) is 8.71. The molecule has 1 heterocycles. The maximum Gasteiger partial charge on any atom is 0.295 e. The van der Waals surface area contributed by atoms with Gasteiger partial charge in [0.15, 0.2) is 0 Å². The van der Waals surface area contributed by atoms with E-state index in [2.05, 4.69) is 39.9 Å². The smallest absolute Gasteiger partial charge is 0.295 e. The summed E-state index contributed by atoms with van der Waals surface area (Å²) in [7, 11) is -2.03. The summed E-state index contributed by atoms with van der Waals surface area (Å²) in [6, 6.07) is 0. The molecule has 0 aromatic rings. The van der Waals surface area contributed by atoms with Crippen molar-refractivity contribution >= 4 is 14.3 Å². The molecule has 0 saturated heterocycles. The molecule has 1 aliphatic carbocycles. The molecule has 0 amide bonds. The Morgan fingerprint density at radius 1 is 1.22 bits per heavy atom. The fourth-order valence-corrected chi connectivity index (χ4v) is 4.22. The summed E-state index contributed by atoms with van der Waals surface area (Å²) in [5, 5.41) is 0.0521. The second kappa shape index (κ2) is 7.52. The summed E-state index contributed by atoms with van der Waals surface area (Å²) < 4.78 is 12.1. The third-order valence-electron chi connectivity index (χ3n) is 5.79. The lowest BCUT2D eigenvalue weighted by Gasteiger charge is -2.37. The fraction of sp³-hybridized carbons (Fsp3) is 0.842. The van der Waals surface area contributed by atoms with Crippen LogP contribution in [0.4, 0.5) is 0 Å². The Morgan fingerprint density at radius 3 is 2.48 bits per heavy atom. The van der Waals surface area contributed by atoms with E-state index >= 15 is 0 Å². The van der Waals surface area contributed by atoms with Crippen LogP contribution in [0.3, 0.4) is 0 Å². The van der Waals surface area contributed by atoms with Gasteiger partial charge in [-0.2, -0.15) is 0 Å². The van der Waals surface area contributed by atoms with Crippen molar-refractivity contribution in [1.82, 2.24) is 0 Å². The zero-order chi connectivity index (χ0) is 17.1. The van der Waals surface area contributed by atoms with Crippen LogP contribution < -0.4 is 0 Å². The summed E-state index contributed by atoms with van der Waals surface area (Å²) in [6.07, 6.45) is 12.4. The molecule has 1 aliphatic heterocycles. The highest BCUT2D eigenvalue weighted by Gasteiger charge is 2.40. The molecule has 2 rings (SSSR count). The minimum Gasteiger partial charge on any atom is -0.519 e. The van der Waals surface area contributed by atoms with E-state index in [4.69, 9.17) is 9.16 Å². The minimum atomic E-state index is -2.03. The molecule has 0 aromatic carbocycles. The van der Waals surface area contributed by atoms with Gasteiger partial charge in [0, 0.05) is 0 Å². The van der Waals surface area contributed by atoms with Crippen molar-refractivity contribution < 1.29 is 14.0 Å². The van der Waals surface area contributed by atoms with Crippen molar-refractivity contribution in [1.29, 1.82) is 0 Å². The topological polar surface area (TPSA) is 35.5 Å². The first-order valence-corrected chi connectivity index (χ1v) is 12.1. The number of rotatable bonds is 4.